The highest BCUT2D eigenvalue weighted by atomic mass is 16.2. The molecule has 0 aliphatic carbocycles. The van der Waals surface area contributed by atoms with Crippen molar-refractivity contribution in [2.45, 2.75) is 32.7 Å². The summed E-state index contributed by atoms with van der Waals surface area (Å²) in [6.07, 6.45) is 2.25. The summed E-state index contributed by atoms with van der Waals surface area (Å²) < 4.78 is 0. The van der Waals surface area contributed by atoms with Gasteiger partial charge in [0.1, 0.15) is 0 Å². The van der Waals surface area contributed by atoms with Crippen LogP contribution in [0, 0.1) is 0 Å². The molecular formula is C10H21N3O. The van der Waals surface area contributed by atoms with Crippen LogP contribution in [0.3, 0.4) is 0 Å². The van der Waals surface area contributed by atoms with Crippen molar-refractivity contribution in [3.8, 4) is 0 Å². The average Bonchev–Trinajstić information content (AvgIpc) is 2.21. The van der Waals surface area contributed by atoms with Crippen LogP contribution in [0.15, 0.2) is 0 Å². The molecule has 4 nitrogen and oxygen atoms in total. The van der Waals surface area contributed by atoms with E-state index in [4.69, 9.17) is 0 Å². The second-order valence-electron chi connectivity index (χ2n) is 3.67. The van der Waals surface area contributed by atoms with Crippen LogP contribution >= 0.6 is 0 Å². The van der Waals surface area contributed by atoms with E-state index in [1.54, 1.807) is 0 Å². The third-order valence-electron chi connectivity index (χ3n) is 2.68. The van der Waals surface area contributed by atoms with Gasteiger partial charge in [-0.05, 0) is 33.2 Å². The van der Waals surface area contributed by atoms with Crippen LogP contribution in [0.5, 0.6) is 0 Å². The first kappa shape index (κ1) is 11.3. The molecule has 1 aliphatic rings. The monoisotopic (exact) mass is 199 g/mol. The lowest BCUT2D eigenvalue weighted by molar-refractivity contribution is 0.196. The highest BCUT2D eigenvalue weighted by Gasteiger charge is 2.17. The van der Waals surface area contributed by atoms with Crippen LogP contribution in [-0.2, 0) is 0 Å². The number of carbonyl (C=O) groups is 1. The predicted molar refractivity (Wildman–Crippen MR) is 57.3 cm³/mol. The average molecular weight is 199 g/mol. The van der Waals surface area contributed by atoms with Crippen LogP contribution in [0.25, 0.3) is 0 Å². The Hall–Kier alpha value is -0.770. The van der Waals surface area contributed by atoms with E-state index in [1.807, 2.05) is 18.7 Å². The minimum atomic E-state index is 0.0729. The molecule has 0 aromatic carbocycles. The SMILES string of the molecule is CCN(CC)C(=O)NC1CCCNC1. The van der Waals surface area contributed by atoms with Crippen molar-refractivity contribution in [3.63, 3.8) is 0 Å². The molecule has 1 rings (SSSR count). The molecule has 1 heterocycles. The van der Waals surface area contributed by atoms with Gasteiger partial charge in [-0.2, -0.15) is 0 Å². The van der Waals surface area contributed by atoms with Crippen LogP contribution < -0.4 is 10.6 Å². The number of carbonyl (C=O) groups excluding carboxylic acids is 1. The first-order valence-corrected chi connectivity index (χ1v) is 5.54. The molecule has 0 aromatic rings. The van der Waals surface area contributed by atoms with E-state index in [2.05, 4.69) is 10.6 Å². The smallest absolute Gasteiger partial charge is 0.317 e. The fraction of sp³-hybridized carbons (Fsp3) is 0.900. The number of piperidine rings is 1. The molecule has 82 valence electrons. The molecule has 0 aromatic heterocycles. The number of urea groups is 1. The molecule has 0 saturated carbocycles. The Morgan fingerprint density at radius 2 is 2.21 bits per heavy atom. The van der Waals surface area contributed by atoms with Gasteiger partial charge in [0.2, 0.25) is 0 Å². The van der Waals surface area contributed by atoms with Crippen molar-refractivity contribution in [3.05, 3.63) is 0 Å². The third kappa shape index (κ3) is 3.18. The Bertz CT molecular complexity index is 174. The van der Waals surface area contributed by atoms with Crippen molar-refractivity contribution in [2.24, 2.45) is 0 Å². The molecule has 1 saturated heterocycles. The summed E-state index contributed by atoms with van der Waals surface area (Å²) in [5, 5.41) is 6.33. The summed E-state index contributed by atoms with van der Waals surface area (Å²) in [6.45, 7) is 7.56. The maximum Gasteiger partial charge on any atom is 0.317 e. The number of nitrogens with one attached hydrogen (secondary N) is 2. The van der Waals surface area contributed by atoms with Gasteiger partial charge in [-0.15, -0.1) is 0 Å². The summed E-state index contributed by atoms with van der Waals surface area (Å²) in [6, 6.07) is 0.389. The van der Waals surface area contributed by atoms with E-state index in [0.717, 1.165) is 39.0 Å². The number of rotatable bonds is 3. The first-order chi connectivity index (χ1) is 6.77. The van der Waals surface area contributed by atoms with E-state index in [0.29, 0.717) is 6.04 Å². The quantitative estimate of drug-likeness (QED) is 0.706. The zero-order valence-electron chi connectivity index (χ0n) is 9.18. The van der Waals surface area contributed by atoms with Gasteiger partial charge in [-0.1, -0.05) is 0 Å². The Labute approximate surface area is 86.0 Å². The van der Waals surface area contributed by atoms with Crippen LogP contribution in [0.1, 0.15) is 26.7 Å². The van der Waals surface area contributed by atoms with Gasteiger partial charge in [-0.3, -0.25) is 0 Å². The molecule has 1 unspecified atom stereocenters. The summed E-state index contributed by atoms with van der Waals surface area (Å²) in [5.41, 5.74) is 0. The Morgan fingerprint density at radius 1 is 1.50 bits per heavy atom. The zero-order chi connectivity index (χ0) is 10.4. The predicted octanol–water partition coefficient (Wildman–Crippen LogP) is 0.790. The second-order valence-corrected chi connectivity index (χ2v) is 3.67. The number of nitrogens with zero attached hydrogens (tertiary/aromatic N) is 1. The molecule has 1 aliphatic heterocycles. The van der Waals surface area contributed by atoms with E-state index in [1.165, 1.54) is 0 Å². The zero-order valence-corrected chi connectivity index (χ0v) is 9.18. The van der Waals surface area contributed by atoms with E-state index < -0.39 is 0 Å². The minimum absolute atomic E-state index is 0.0729. The van der Waals surface area contributed by atoms with Crippen LogP contribution in [-0.4, -0.2) is 43.2 Å². The highest BCUT2D eigenvalue weighted by molar-refractivity contribution is 5.74. The largest absolute Gasteiger partial charge is 0.334 e. The molecule has 14 heavy (non-hydrogen) atoms. The van der Waals surface area contributed by atoms with Crippen molar-refractivity contribution in [1.29, 1.82) is 0 Å². The van der Waals surface area contributed by atoms with Crippen LogP contribution in [0.2, 0.25) is 0 Å². The lowest BCUT2D eigenvalue weighted by atomic mass is 10.1. The van der Waals surface area contributed by atoms with Gasteiger partial charge in [0, 0.05) is 25.7 Å². The molecule has 1 fully saturated rings. The third-order valence-corrected chi connectivity index (χ3v) is 2.68. The standard InChI is InChI=1S/C10H21N3O/c1-3-13(4-2)10(14)12-9-6-5-7-11-8-9/h9,11H,3-8H2,1-2H3,(H,12,14). The molecule has 0 bridgehead atoms. The normalized spacial score (nSPS) is 21.7. The molecule has 0 spiro atoms. The highest BCUT2D eigenvalue weighted by Crippen LogP contribution is 2.02. The topological polar surface area (TPSA) is 44.4 Å². The Morgan fingerprint density at radius 3 is 2.71 bits per heavy atom. The molecular weight excluding hydrogens is 178 g/mol. The summed E-state index contributed by atoms with van der Waals surface area (Å²) in [4.78, 5) is 13.5. The summed E-state index contributed by atoms with van der Waals surface area (Å²) in [7, 11) is 0. The maximum atomic E-state index is 11.7. The van der Waals surface area contributed by atoms with E-state index in [-0.39, 0.29) is 6.03 Å². The minimum Gasteiger partial charge on any atom is -0.334 e. The molecule has 2 amide bonds. The fourth-order valence-electron chi connectivity index (χ4n) is 1.75. The molecule has 0 radical (unpaired) electrons. The number of hydrogen-bond acceptors (Lipinski definition) is 2. The van der Waals surface area contributed by atoms with Gasteiger partial charge in [0.15, 0.2) is 0 Å². The Balaban J connectivity index is 2.30. The molecule has 2 N–H and O–H groups in total. The molecule has 4 heteroatoms. The summed E-state index contributed by atoms with van der Waals surface area (Å²) in [5.74, 6) is 0. The lowest BCUT2D eigenvalue weighted by Gasteiger charge is -2.27. The van der Waals surface area contributed by atoms with E-state index in [9.17, 15) is 4.79 Å². The van der Waals surface area contributed by atoms with Crippen molar-refractivity contribution in [2.75, 3.05) is 26.2 Å². The molecule has 1 atom stereocenters. The van der Waals surface area contributed by atoms with Crippen LogP contribution in [0.4, 0.5) is 4.79 Å². The van der Waals surface area contributed by atoms with Gasteiger partial charge >= 0.3 is 6.03 Å². The first-order valence-electron chi connectivity index (χ1n) is 5.54. The van der Waals surface area contributed by atoms with Gasteiger partial charge in [0.25, 0.3) is 0 Å². The van der Waals surface area contributed by atoms with Gasteiger partial charge in [-0.25, -0.2) is 4.79 Å². The van der Waals surface area contributed by atoms with E-state index >= 15 is 0 Å². The van der Waals surface area contributed by atoms with Crippen molar-refractivity contribution < 1.29 is 4.79 Å². The fourth-order valence-corrected chi connectivity index (χ4v) is 1.75. The van der Waals surface area contributed by atoms with Crippen molar-refractivity contribution >= 4 is 6.03 Å². The maximum absolute atomic E-state index is 11.7. The number of amides is 2. The number of hydrogen-bond donors (Lipinski definition) is 2. The Kier molecular flexibility index (Phi) is 4.73. The van der Waals surface area contributed by atoms with Gasteiger partial charge < -0.3 is 15.5 Å². The van der Waals surface area contributed by atoms with Crippen molar-refractivity contribution in [1.82, 2.24) is 15.5 Å². The summed E-state index contributed by atoms with van der Waals surface area (Å²) >= 11 is 0. The van der Waals surface area contributed by atoms with Gasteiger partial charge in [0.05, 0.1) is 0 Å². The second kappa shape index (κ2) is 5.86. The lowest BCUT2D eigenvalue weighted by Crippen LogP contribution is -2.50.